The number of hydrogen-bond donors (Lipinski definition) is 0. The quantitative estimate of drug-likeness (QED) is 0.728. The summed E-state index contributed by atoms with van der Waals surface area (Å²) < 4.78 is 0. The molecule has 1 heterocycles. The molecular weight excluding hydrogens is 216 g/mol. The van der Waals surface area contributed by atoms with Gasteiger partial charge in [0, 0.05) is 23.1 Å². The first-order valence-corrected chi connectivity index (χ1v) is 5.03. The van der Waals surface area contributed by atoms with Crippen molar-refractivity contribution in [1.29, 1.82) is 0 Å². The van der Waals surface area contributed by atoms with Gasteiger partial charge in [0.2, 0.25) is 0 Å². The van der Waals surface area contributed by atoms with E-state index in [1.807, 2.05) is 13.1 Å². The van der Waals surface area contributed by atoms with Gasteiger partial charge in [-0.2, -0.15) is 0 Å². The molecular formula is C9H13BrN2. The highest BCUT2D eigenvalue weighted by Gasteiger charge is 2.20. The van der Waals surface area contributed by atoms with E-state index < -0.39 is 0 Å². The predicted molar refractivity (Wildman–Crippen MR) is 53.6 cm³/mol. The van der Waals surface area contributed by atoms with E-state index in [2.05, 4.69) is 39.7 Å². The molecule has 0 spiro atoms. The molecule has 0 radical (unpaired) electrons. The summed E-state index contributed by atoms with van der Waals surface area (Å²) in [4.78, 5) is 8.54. The fourth-order valence-electron chi connectivity index (χ4n) is 0.811. The Bertz CT molecular complexity index is 254. The Morgan fingerprint density at radius 2 is 2.00 bits per heavy atom. The van der Waals surface area contributed by atoms with Crippen molar-refractivity contribution >= 4 is 15.9 Å². The molecule has 1 aromatic heterocycles. The average molecular weight is 229 g/mol. The van der Waals surface area contributed by atoms with Crippen LogP contribution in [-0.4, -0.2) is 15.3 Å². The summed E-state index contributed by atoms with van der Waals surface area (Å²) in [5.41, 5.74) is 2.06. The molecule has 0 aliphatic carbocycles. The first kappa shape index (κ1) is 9.65. The fraction of sp³-hybridized carbons (Fsp3) is 0.556. The van der Waals surface area contributed by atoms with Gasteiger partial charge in [-0.15, -0.1) is 0 Å². The first-order chi connectivity index (χ1) is 5.56. The van der Waals surface area contributed by atoms with Crippen LogP contribution in [0.3, 0.4) is 0 Å². The van der Waals surface area contributed by atoms with E-state index in [0.29, 0.717) is 0 Å². The van der Waals surface area contributed by atoms with Gasteiger partial charge in [-0.25, -0.2) is 0 Å². The van der Waals surface area contributed by atoms with Crippen LogP contribution in [0.5, 0.6) is 0 Å². The minimum Gasteiger partial charge on any atom is -0.258 e. The maximum absolute atomic E-state index is 4.33. The van der Waals surface area contributed by atoms with Crippen molar-refractivity contribution in [2.45, 2.75) is 26.2 Å². The van der Waals surface area contributed by atoms with Gasteiger partial charge < -0.3 is 0 Å². The van der Waals surface area contributed by atoms with Gasteiger partial charge in [0.05, 0.1) is 11.4 Å². The van der Waals surface area contributed by atoms with Crippen molar-refractivity contribution in [3.8, 4) is 0 Å². The van der Waals surface area contributed by atoms with Crippen LogP contribution in [0.2, 0.25) is 0 Å². The van der Waals surface area contributed by atoms with Crippen molar-refractivity contribution in [1.82, 2.24) is 9.97 Å². The third-order valence-electron chi connectivity index (χ3n) is 1.81. The van der Waals surface area contributed by atoms with Crippen LogP contribution in [0.4, 0.5) is 0 Å². The van der Waals surface area contributed by atoms with Crippen molar-refractivity contribution in [3.63, 3.8) is 0 Å². The van der Waals surface area contributed by atoms with Gasteiger partial charge >= 0.3 is 0 Å². The van der Waals surface area contributed by atoms with E-state index in [0.717, 1.165) is 16.7 Å². The fourth-order valence-corrected chi connectivity index (χ4v) is 1.10. The summed E-state index contributed by atoms with van der Waals surface area (Å²) >= 11 is 3.46. The minimum absolute atomic E-state index is 0.0701. The van der Waals surface area contributed by atoms with Gasteiger partial charge in [-0.3, -0.25) is 9.97 Å². The molecule has 0 N–H and O–H groups in total. The molecule has 0 saturated carbocycles. The van der Waals surface area contributed by atoms with Crippen LogP contribution in [0.25, 0.3) is 0 Å². The highest BCUT2D eigenvalue weighted by molar-refractivity contribution is 9.09. The lowest BCUT2D eigenvalue weighted by molar-refractivity contribution is 0.579. The van der Waals surface area contributed by atoms with Crippen molar-refractivity contribution in [2.75, 3.05) is 5.33 Å². The predicted octanol–water partition coefficient (Wildman–Crippen LogP) is 2.46. The molecule has 3 heteroatoms. The molecule has 1 rings (SSSR count). The summed E-state index contributed by atoms with van der Waals surface area (Å²) in [6.45, 7) is 6.22. The molecule has 1 aromatic rings. The first-order valence-electron chi connectivity index (χ1n) is 3.91. The lowest BCUT2D eigenvalue weighted by Gasteiger charge is -2.19. The summed E-state index contributed by atoms with van der Waals surface area (Å²) in [6.07, 6.45) is 3.65. The molecule has 0 atom stereocenters. The topological polar surface area (TPSA) is 25.8 Å². The van der Waals surface area contributed by atoms with Crippen molar-refractivity contribution in [3.05, 3.63) is 23.8 Å². The Morgan fingerprint density at radius 3 is 2.42 bits per heavy atom. The highest BCUT2D eigenvalue weighted by atomic mass is 79.9. The molecule has 0 aromatic carbocycles. The number of hydrogen-bond acceptors (Lipinski definition) is 2. The summed E-state index contributed by atoms with van der Waals surface area (Å²) in [7, 11) is 0. The van der Waals surface area contributed by atoms with Gasteiger partial charge in [-0.05, 0) is 6.92 Å². The molecule has 0 aliphatic heterocycles. The second-order valence-corrected chi connectivity index (χ2v) is 4.12. The van der Waals surface area contributed by atoms with E-state index in [4.69, 9.17) is 0 Å². The van der Waals surface area contributed by atoms with E-state index >= 15 is 0 Å². The third-order valence-corrected chi connectivity index (χ3v) is 3.21. The van der Waals surface area contributed by atoms with Crippen LogP contribution < -0.4 is 0 Å². The smallest absolute Gasteiger partial charge is 0.0651 e. The van der Waals surface area contributed by atoms with Crippen LogP contribution in [-0.2, 0) is 5.41 Å². The summed E-state index contributed by atoms with van der Waals surface area (Å²) in [5.74, 6) is 0. The van der Waals surface area contributed by atoms with E-state index in [1.54, 1.807) is 6.20 Å². The largest absolute Gasteiger partial charge is 0.258 e. The van der Waals surface area contributed by atoms with E-state index in [1.165, 1.54) is 0 Å². The molecule has 2 nitrogen and oxygen atoms in total. The normalized spacial score (nSPS) is 11.7. The second kappa shape index (κ2) is 3.52. The van der Waals surface area contributed by atoms with Gasteiger partial charge in [0.15, 0.2) is 0 Å². The number of rotatable bonds is 2. The maximum atomic E-state index is 4.33. The SMILES string of the molecule is Cc1cnc(C(C)(C)CBr)cn1. The molecule has 0 saturated heterocycles. The number of nitrogens with zero attached hydrogens (tertiary/aromatic N) is 2. The lowest BCUT2D eigenvalue weighted by Crippen LogP contribution is -2.20. The molecule has 0 amide bonds. The van der Waals surface area contributed by atoms with E-state index in [-0.39, 0.29) is 5.41 Å². The van der Waals surface area contributed by atoms with Crippen LogP contribution >= 0.6 is 15.9 Å². The van der Waals surface area contributed by atoms with E-state index in [9.17, 15) is 0 Å². The standard InChI is InChI=1S/C9H13BrN2/c1-7-4-12-8(5-11-7)9(2,3)6-10/h4-5H,6H2,1-3H3. The zero-order valence-corrected chi connectivity index (χ0v) is 9.22. The summed E-state index contributed by atoms with van der Waals surface area (Å²) in [5, 5.41) is 0.901. The summed E-state index contributed by atoms with van der Waals surface area (Å²) in [6, 6.07) is 0. The molecule has 66 valence electrons. The van der Waals surface area contributed by atoms with Gasteiger partial charge in [-0.1, -0.05) is 29.8 Å². The lowest BCUT2D eigenvalue weighted by atomic mass is 9.93. The Morgan fingerprint density at radius 1 is 1.33 bits per heavy atom. The van der Waals surface area contributed by atoms with Crippen molar-refractivity contribution in [2.24, 2.45) is 0 Å². The monoisotopic (exact) mass is 228 g/mol. The molecule has 0 bridgehead atoms. The molecule has 0 aliphatic rings. The molecule has 12 heavy (non-hydrogen) atoms. The number of alkyl halides is 1. The Hall–Kier alpha value is -0.440. The Balaban J connectivity index is 2.96. The molecule has 0 unspecified atom stereocenters. The molecule has 0 fully saturated rings. The van der Waals surface area contributed by atoms with Gasteiger partial charge in [0.25, 0.3) is 0 Å². The van der Waals surface area contributed by atoms with Crippen LogP contribution in [0.15, 0.2) is 12.4 Å². The highest BCUT2D eigenvalue weighted by Crippen LogP contribution is 2.22. The maximum Gasteiger partial charge on any atom is 0.0651 e. The number of aromatic nitrogens is 2. The van der Waals surface area contributed by atoms with Crippen LogP contribution in [0, 0.1) is 6.92 Å². The van der Waals surface area contributed by atoms with Crippen LogP contribution in [0.1, 0.15) is 25.2 Å². The zero-order chi connectivity index (χ0) is 9.19. The van der Waals surface area contributed by atoms with Gasteiger partial charge in [0.1, 0.15) is 0 Å². The minimum atomic E-state index is 0.0701. The number of aryl methyl sites for hydroxylation is 1. The second-order valence-electron chi connectivity index (χ2n) is 3.56. The van der Waals surface area contributed by atoms with Crippen molar-refractivity contribution < 1.29 is 0 Å². The number of halogens is 1. The third kappa shape index (κ3) is 2.03. The Kier molecular flexibility index (Phi) is 2.83. The zero-order valence-electron chi connectivity index (χ0n) is 7.63. The average Bonchev–Trinajstić information content (AvgIpc) is 2.05. The Labute approximate surface area is 81.6 Å².